The molecule has 1 aromatic heterocycles. The molecule has 2 aromatic rings. The van der Waals surface area contributed by atoms with E-state index in [4.69, 9.17) is 12.2 Å². The summed E-state index contributed by atoms with van der Waals surface area (Å²) in [5.74, 6) is 0. The molecule has 16 heavy (non-hydrogen) atoms. The van der Waals surface area contributed by atoms with E-state index in [9.17, 15) is 0 Å². The third kappa shape index (κ3) is 2.19. The fourth-order valence-electron chi connectivity index (χ4n) is 1.73. The molecule has 1 aromatic carbocycles. The number of aromatic amines is 1. The molecule has 2 nitrogen and oxygen atoms in total. The van der Waals surface area contributed by atoms with Crippen LogP contribution in [0.3, 0.4) is 0 Å². The summed E-state index contributed by atoms with van der Waals surface area (Å²) in [6.07, 6.45) is 0. The van der Waals surface area contributed by atoms with E-state index >= 15 is 0 Å². The first-order valence-corrected chi connectivity index (χ1v) is 5.62. The van der Waals surface area contributed by atoms with Crippen molar-refractivity contribution in [3.63, 3.8) is 0 Å². The van der Waals surface area contributed by atoms with Gasteiger partial charge in [-0.1, -0.05) is 17.7 Å². The predicted octanol–water partition coefficient (Wildman–Crippen LogP) is 3.73. The summed E-state index contributed by atoms with van der Waals surface area (Å²) >= 11 is 5.10. The summed E-state index contributed by atoms with van der Waals surface area (Å²) in [6, 6.07) is 8.39. The number of hydrogen-bond donors (Lipinski definition) is 1. The summed E-state index contributed by atoms with van der Waals surface area (Å²) in [4.78, 5) is 7.38. The molecule has 2 rings (SSSR count). The highest BCUT2D eigenvalue weighted by atomic mass is 32.1. The van der Waals surface area contributed by atoms with Crippen molar-refractivity contribution in [1.29, 1.82) is 0 Å². The minimum Gasteiger partial charge on any atom is -0.335 e. The molecule has 0 aliphatic heterocycles. The monoisotopic (exact) mass is 230 g/mol. The van der Waals surface area contributed by atoms with E-state index in [1.54, 1.807) is 0 Å². The van der Waals surface area contributed by atoms with Crippen molar-refractivity contribution in [3.8, 4) is 11.3 Å². The van der Waals surface area contributed by atoms with Crippen LogP contribution in [0.25, 0.3) is 11.3 Å². The van der Waals surface area contributed by atoms with Crippen molar-refractivity contribution < 1.29 is 0 Å². The second-order valence-corrected chi connectivity index (χ2v) is 4.46. The van der Waals surface area contributed by atoms with Crippen molar-refractivity contribution >= 4 is 12.2 Å². The summed E-state index contributed by atoms with van der Waals surface area (Å²) in [5, 5.41) is 0. The third-order valence-electron chi connectivity index (χ3n) is 2.55. The molecule has 0 saturated carbocycles. The van der Waals surface area contributed by atoms with Crippen LogP contribution < -0.4 is 0 Å². The lowest BCUT2D eigenvalue weighted by Gasteiger charge is -2.07. The van der Waals surface area contributed by atoms with Crippen LogP contribution in [-0.4, -0.2) is 9.97 Å². The topological polar surface area (TPSA) is 28.7 Å². The third-order valence-corrected chi connectivity index (χ3v) is 2.74. The van der Waals surface area contributed by atoms with Gasteiger partial charge in [0, 0.05) is 11.3 Å². The van der Waals surface area contributed by atoms with Crippen molar-refractivity contribution in [2.75, 3.05) is 0 Å². The van der Waals surface area contributed by atoms with Crippen molar-refractivity contribution in [2.24, 2.45) is 0 Å². The van der Waals surface area contributed by atoms with Crippen LogP contribution in [0.1, 0.15) is 16.8 Å². The molecule has 0 fully saturated rings. The summed E-state index contributed by atoms with van der Waals surface area (Å²) in [5.41, 5.74) is 5.60. The standard InChI is InChI=1S/C13H14N2S/c1-8-4-5-9(2)11(6-8)12-7-10(3)14-13(16)15-12/h4-7H,1-3H3,(H,14,15,16). The first kappa shape index (κ1) is 11.0. The Bertz CT molecular complexity index is 585. The van der Waals surface area contributed by atoms with Gasteiger partial charge in [-0.3, -0.25) is 0 Å². The van der Waals surface area contributed by atoms with Crippen molar-refractivity contribution in [2.45, 2.75) is 20.8 Å². The zero-order chi connectivity index (χ0) is 11.7. The van der Waals surface area contributed by atoms with Gasteiger partial charge in [-0.2, -0.15) is 0 Å². The summed E-state index contributed by atoms with van der Waals surface area (Å²) in [6.45, 7) is 6.16. The smallest absolute Gasteiger partial charge is 0.197 e. The molecule has 0 saturated heterocycles. The summed E-state index contributed by atoms with van der Waals surface area (Å²) in [7, 11) is 0. The first-order valence-electron chi connectivity index (χ1n) is 5.22. The van der Waals surface area contributed by atoms with Crippen LogP contribution in [0.2, 0.25) is 0 Å². The average Bonchev–Trinajstić information content (AvgIpc) is 2.20. The molecule has 0 aliphatic rings. The number of aromatic nitrogens is 2. The molecule has 0 radical (unpaired) electrons. The maximum absolute atomic E-state index is 5.10. The largest absolute Gasteiger partial charge is 0.335 e. The SMILES string of the molecule is Cc1ccc(C)c(-c2cc(C)[nH]c(=S)n2)c1. The van der Waals surface area contributed by atoms with Gasteiger partial charge in [0.05, 0.1) is 5.69 Å². The van der Waals surface area contributed by atoms with Gasteiger partial charge in [0.15, 0.2) is 4.77 Å². The number of hydrogen-bond acceptors (Lipinski definition) is 2. The summed E-state index contributed by atoms with van der Waals surface area (Å²) < 4.78 is 0.538. The Morgan fingerprint density at radius 1 is 1.12 bits per heavy atom. The van der Waals surface area contributed by atoms with E-state index in [1.807, 2.05) is 13.0 Å². The predicted molar refractivity (Wildman–Crippen MR) is 69.1 cm³/mol. The highest BCUT2D eigenvalue weighted by Crippen LogP contribution is 2.22. The minimum absolute atomic E-state index is 0.538. The van der Waals surface area contributed by atoms with Gasteiger partial charge in [0.2, 0.25) is 0 Å². The van der Waals surface area contributed by atoms with E-state index in [2.05, 4.69) is 42.0 Å². The molecule has 0 unspecified atom stereocenters. The number of nitrogens with zero attached hydrogens (tertiary/aromatic N) is 1. The number of benzene rings is 1. The van der Waals surface area contributed by atoms with Gasteiger partial charge < -0.3 is 4.98 Å². The molecule has 82 valence electrons. The van der Waals surface area contributed by atoms with Crippen LogP contribution >= 0.6 is 12.2 Å². The highest BCUT2D eigenvalue weighted by molar-refractivity contribution is 7.71. The zero-order valence-corrected chi connectivity index (χ0v) is 10.5. The number of nitrogens with one attached hydrogen (secondary N) is 1. The number of aryl methyl sites for hydroxylation is 3. The van der Waals surface area contributed by atoms with Crippen LogP contribution in [-0.2, 0) is 0 Å². The lowest BCUT2D eigenvalue weighted by atomic mass is 10.0. The maximum atomic E-state index is 5.10. The molecule has 0 spiro atoms. The molecule has 0 amide bonds. The maximum Gasteiger partial charge on any atom is 0.197 e. The molecule has 1 heterocycles. The van der Waals surface area contributed by atoms with E-state index in [0.29, 0.717) is 4.77 Å². The van der Waals surface area contributed by atoms with Gasteiger partial charge in [-0.15, -0.1) is 0 Å². The average molecular weight is 230 g/mol. The molecule has 1 N–H and O–H groups in total. The van der Waals surface area contributed by atoms with Gasteiger partial charge in [0.1, 0.15) is 0 Å². The molecular formula is C13H14N2S. The van der Waals surface area contributed by atoms with Gasteiger partial charge >= 0.3 is 0 Å². The Balaban J connectivity index is 2.66. The Morgan fingerprint density at radius 2 is 1.88 bits per heavy atom. The fraction of sp³-hybridized carbons (Fsp3) is 0.231. The van der Waals surface area contributed by atoms with E-state index in [0.717, 1.165) is 17.0 Å². The molecule has 0 aliphatic carbocycles. The number of H-pyrrole nitrogens is 1. The molecular weight excluding hydrogens is 216 g/mol. The Labute approximate surface area is 100 Å². The van der Waals surface area contributed by atoms with Crippen molar-refractivity contribution in [3.05, 3.63) is 45.9 Å². The molecule has 3 heteroatoms. The van der Waals surface area contributed by atoms with E-state index in [1.165, 1.54) is 11.1 Å². The fourth-order valence-corrected chi connectivity index (χ4v) is 1.99. The van der Waals surface area contributed by atoms with Crippen LogP contribution in [0.4, 0.5) is 0 Å². The molecule has 0 atom stereocenters. The first-order chi connectivity index (χ1) is 7.56. The van der Waals surface area contributed by atoms with E-state index < -0.39 is 0 Å². The van der Waals surface area contributed by atoms with Crippen molar-refractivity contribution in [1.82, 2.24) is 9.97 Å². The van der Waals surface area contributed by atoms with Gasteiger partial charge in [-0.05, 0) is 50.7 Å². The minimum atomic E-state index is 0.538. The van der Waals surface area contributed by atoms with Crippen LogP contribution in [0, 0.1) is 25.5 Å². The quantitative estimate of drug-likeness (QED) is 0.756. The Morgan fingerprint density at radius 3 is 2.56 bits per heavy atom. The zero-order valence-electron chi connectivity index (χ0n) is 9.66. The lowest BCUT2D eigenvalue weighted by molar-refractivity contribution is 1.08. The normalized spacial score (nSPS) is 10.4. The number of rotatable bonds is 1. The van der Waals surface area contributed by atoms with Crippen LogP contribution in [0.15, 0.2) is 24.3 Å². The molecule has 0 bridgehead atoms. The Kier molecular flexibility index (Phi) is 2.88. The van der Waals surface area contributed by atoms with Crippen LogP contribution in [0.5, 0.6) is 0 Å². The Hall–Kier alpha value is -1.48. The second kappa shape index (κ2) is 4.18. The highest BCUT2D eigenvalue weighted by Gasteiger charge is 2.04. The second-order valence-electron chi connectivity index (χ2n) is 4.07. The lowest BCUT2D eigenvalue weighted by Crippen LogP contribution is -1.92. The van der Waals surface area contributed by atoms with E-state index in [-0.39, 0.29) is 0 Å². The van der Waals surface area contributed by atoms with Gasteiger partial charge in [-0.25, -0.2) is 4.98 Å². The van der Waals surface area contributed by atoms with Gasteiger partial charge in [0.25, 0.3) is 0 Å².